The number of rotatable bonds is 7. The molecule has 0 atom stereocenters. The van der Waals surface area contributed by atoms with Crippen LogP contribution in [-0.4, -0.2) is 26.3 Å². The summed E-state index contributed by atoms with van der Waals surface area (Å²) in [4.78, 5) is 15.6. The van der Waals surface area contributed by atoms with Gasteiger partial charge in [0.2, 0.25) is 0 Å². The van der Waals surface area contributed by atoms with E-state index < -0.39 is 0 Å². The molecule has 4 nitrogen and oxygen atoms in total. The zero-order valence-electron chi connectivity index (χ0n) is 13.3. The third-order valence-corrected chi connectivity index (χ3v) is 6.77. The maximum absolute atomic E-state index is 12.3. The first kappa shape index (κ1) is 16.1. The predicted molar refractivity (Wildman–Crippen MR) is 99.5 cm³/mol. The monoisotopic (exact) mass is 375 g/mol. The summed E-state index contributed by atoms with van der Waals surface area (Å²) in [6.45, 7) is 2.02. The van der Waals surface area contributed by atoms with E-state index in [9.17, 15) is 4.79 Å². The molecule has 0 radical (unpaired) electrons. The van der Waals surface area contributed by atoms with Crippen molar-refractivity contribution in [2.45, 2.75) is 37.4 Å². The summed E-state index contributed by atoms with van der Waals surface area (Å²) < 4.78 is 2.25. The molecule has 0 unspecified atom stereocenters. The average Bonchev–Trinajstić information content (AvgIpc) is 2.98. The van der Waals surface area contributed by atoms with Crippen LogP contribution in [0.2, 0.25) is 0 Å². The third kappa shape index (κ3) is 3.48. The molecule has 1 aliphatic rings. The second-order valence-electron chi connectivity index (χ2n) is 5.88. The van der Waals surface area contributed by atoms with Gasteiger partial charge in [-0.3, -0.25) is 4.79 Å². The predicted octanol–water partition coefficient (Wildman–Crippen LogP) is 4.61. The molecule has 0 saturated heterocycles. The minimum Gasteiger partial charge on any atom is -0.303 e. The summed E-state index contributed by atoms with van der Waals surface area (Å²) in [5.41, 5.74) is 0. The first-order chi connectivity index (χ1) is 11.7. The number of carbonyl (C=O) groups is 1. The molecule has 3 aromatic rings. The lowest BCUT2D eigenvalue weighted by Gasteiger charge is -2.07. The Morgan fingerprint density at radius 2 is 2.21 bits per heavy atom. The third-order valence-electron chi connectivity index (χ3n) is 3.91. The molecule has 3 aromatic heterocycles. The highest BCUT2D eigenvalue weighted by Crippen LogP contribution is 2.39. The lowest BCUT2D eigenvalue weighted by molar-refractivity contribution is 0.102. The van der Waals surface area contributed by atoms with Gasteiger partial charge in [0.1, 0.15) is 5.82 Å². The first-order valence-corrected chi connectivity index (χ1v) is 10.6. The molecule has 0 aromatic carbocycles. The Balaban J connectivity index is 1.49. The topological polar surface area (TPSA) is 47.8 Å². The van der Waals surface area contributed by atoms with Crippen LogP contribution in [-0.2, 0) is 6.42 Å². The highest BCUT2D eigenvalue weighted by atomic mass is 32.2. The van der Waals surface area contributed by atoms with Gasteiger partial charge in [0.25, 0.3) is 0 Å². The maximum atomic E-state index is 12.3. The number of hydrogen-bond donors (Lipinski definition) is 0. The number of Topliss-reactive ketones (excluding diaryl/α,β-unsaturated/α-hetero) is 1. The van der Waals surface area contributed by atoms with Crippen molar-refractivity contribution in [3.63, 3.8) is 0 Å². The van der Waals surface area contributed by atoms with Crippen LogP contribution in [0.4, 0.5) is 0 Å². The largest absolute Gasteiger partial charge is 0.303 e. The molecule has 1 saturated carbocycles. The van der Waals surface area contributed by atoms with Gasteiger partial charge < -0.3 is 4.57 Å². The summed E-state index contributed by atoms with van der Waals surface area (Å²) in [6, 6.07) is 8.61. The van der Waals surface area contributed by atoms with Crippen molar-refractivity contribution in [2.24, 2.45) is 0 Å². The van der Waals surface area contributed by atoms with Crippen LogP contribution in [0, 0.1) is 6.92 Å². The molecule has 24 heavy (non-hydrogen) atoms. The van der Waals surface area contributed by atoms with Crippen LogP contribution >= 0.6 is 34.4 Å². The zero-order chi connectivity index (χ0) is 16.5. The van der Waals surface area contributed by atoms with Gasteiger partial charge in [-0.05, 0) is 43.3 Å². The van der Waals surface area contributed by atoms with Crippen LogP contribution < -0.4 is 0 Å². The Morgan fingerprint density at radius 1 is 1.33 bits per heavy atom. The standard InChI is InChI=1S/C17H17N3OS3/c1-11-4-7-15(24-11)14(21)10-23-17-19-18-16(20(17)12-5-6-12)9-13-3-2-8-22-13/h2-4,7-8,12H,5-6,9-10H2,1H3. The van der Waals surface area contributed by atoms with Crippen molar-refractivity contribution in [1.82, 2.24) is 14.8 Å². The van der Waals surface area contributed by atoms with Gasteiger partial charge in [-0.15, -0.1) is 32.9 Å². The van der Waals surface area contributed by atoms with Crippen molar-refractivity contribution in [1.29, 1.82) is 0 Å². The summed E-state index contributed by atoms with van der Waals surface area (Å²) in [5, 5.41) is 11.7. The molecule has 0 spiro atoms. The van der Waals surface area contributed by atoms with E-state index in [4.69, 9.17) is 0 Å². The summed E-state index contributed by atoms with van der Waals surface area (Å²) >= 11 is 4.81. The van der Waals surface area contributed by atoms with Gasteiger partial charge in [-0.1, -0.05) is 17.8 Å². The fourth-order valence-corrected chi connectivity index (χ4v) is 5.09. The Kier molecular flexibility index (Phi) is 4.56. The van der Waals surface area contributed by atoms with Gasteiger partial charge in [0.05, 0.1) is 10.6 Å². The Morgan fingerprint density at radius 3 is 2.88 bits per heavy atom. The molecular weight excluding hydrogens is 358 g/mol. The van der Waals surface area contributed by atoms with E-state index >= 15 is 0 Å². The first-order valence-electron chi connectivity index (χ1n) is 7.89. The highest BCUT2D eigenvalue weighted by Gasteiger charge is 2.30. The van der Waals surface area contributed by atoms with Crippen molar-refractivity contribution in [3.05, 3.63) is 50.1 Å². The Bertz CT molecular complexity index is 846. The molecule has 1 fully saturated rings. The Labute approximate surface area is 152 Å². The van der Waals surface area contributed by atoms with Crippen molar-refractivity contribution >= 4 is 40.2 Å². The average molecular weight is 376 g/mol. The van der Waals surface area contributed by atoms with Gasteiger partial charge in [-0.2, -0.15) is 0 Å². The number of ketones is 1. The minimum absolute atomic E-state index is 0.170. The van der Waals surface area contributed by atoms with Crippen molar-refractivity contribution in [3.8, 4) is 0 Å². The normalized spacial score (nSPS) is 14.2. The zero-order valence-corrected chi connectivity index (χ0v) is 15.7. The van der Waals surface area contributed by atoms with E-state index in [1.165, 1.54) is 34.4 Å². The van der Waals surface area contributed by atoms with Gasteiger partial charge in [0.15, 0.2) is 10.9 Å². The molecule has 1 aliphatic carbocycles. The fraction of sp³-hybridized carbons (Fsp3) is 0.353. The van der Waals surface area contributed by atoms with E-state index in [1.54, 1.807) is 22.7 Å². The Hall–Kier alpha value is -1.44. The van der Waals surface area contributed by atoms with Crippen LogP contribution in [0.15, 0.2) is 34.8 Å². The number of thiophene rings is 2. The molecule has 0 aliphatic heterocycles. The maximum Gasteiger partial charge on any atom is 0.191 e. The lowest BCUT2D eigenvalue weighted by Crippen LogP contribution is -2.05. The van der Waals surface area contributed by atoms with Crippen LogP contribution in [0.3, 0.4) is 0 Å². The van der Waals surface area contributed by atoms with Crippen LogP contribution in [0.25, 0.3) is 0 Å². The minimum atomic E-state index is 0.170. The lowest BCUT2D eigenvalue weighted by atomic mass is 10.3. The summed E-state index contributed by atoms with van der Waals surface area (Å²) in [7, 11) is 0. The van der Waals surface area contributed by atoms with Gasteiger partial charge >= 0.3 is 0 Å². The number of hydrogen-bond acceptors (Lipinski definition) is 6. The van der Waals surface area contributed by atoms with E-state index in [2.05, 4.69) is 32.3 Å². The quantitative estimate of drug-likeness (QED) is 0.447. The number of carbonyl (C=O) groups excluding carboxylic acids is 1. The van der Waals surface area contributed by atoms with Crippen LogP contribution in [0.1, 0.15) is 44.1 Å². The van der Waals surface area contributed by atoms with Gasteiger partial charge in [-0.25, -0.2) is 0 Å². The van der Waals surface area contributed by atoms with E-state index in [-0.39, 0.29) is 5.78 Å². The smallest absolute Gasteiger partial charge is 0.191 e. The summed E-state index contributed by atoms with van der Waals surface area (Å²) in [5.74, 6) is 1.61. The number of aromatic nitrogens is 3. The SMILES string of the molecule is Cc1ccc(C(=O)CSc2nnc(Cc3cccs3)n2C2CC2)s1. The van der Waals surface area contributed by atoms with Crippen LogP contribution in [0.5, 0.6) is 0 Å². The number of nitrogens with zero attached hydrogens (tertiary/aromatic N) is 3. The fourth-order valence-electron chi connectivity index (χ4n) is 2.58. The molecule has 0 N–H and O–H groups in total. The highest BCUT2D eigenvalue weighted by molar-refractivity contribution is 7.99. The second kappa shape index (κ2) is 6.82. The molecule has 0 bridgehead atoms. The van der Waals surface area contributed by atoms with Crippen molar-refractivity contribution < 1.29 is 4.79 Å². The van der Waals surface area contributed by atoms with Crippen molar-refractivity contribution in [2.75, 3.05) is 5.75 Å². The second-order valence-corrected chi connectivity index (χ2v) is 9.14. The molecule has 3 heterocycles. The molecular formula is C17H17N3OS3. The van der Waals surface area contributed by atoms with E-state index in [0.717, 1.165) is 22.3 Å². The van der Waals surface area contributed by atoms with E-state index in [1.807, 2.05) is 19.1 Å². The molecule has 124 valence electrons. The molecule has 7 heteroatoms. The molecule has 0 amide bonds. The van der Waals surface area contributed by atoms with Gasteiger partial charge in [0, 0.05) is 22.2 Å². The van der Waals surface area contributed by atoms with E-state index in [0.29, 0.717) is 11.8 Å². The number of aryl methyl sites for hydroxylation is 1. The molecule has 4 rings (SSSR count). The number of thioether (sulfide) groups is 1. The summed E-state index contributed by atoms with van der Waals surface area (Å²) in [6.07, 6.45) is 3.18.